The highest BCUT2D eigenvalue weighted by atomic mass is 35.5. The molecule has 0 saturated carbocycles. The Morgan fingerprint density at radius 3 is 2.48 bits per heavy atom. The van der Waals surface area contributed by atoms with Crippen LogP contribution in [0.3, 0.4) is 0 Å². The number of aromatic nitrogens is 2. The van der Waals surface area contributed by atoms with Gasteiger partial charge in [-0.3, -0.25) is 0 Å². The van der Waals surface area contributed by atoms with Crippen molar-refractivity contribution in [3.8, 4) is 16.9 Å². The zero-order chi connectivity index (χ0) is 15.8. The fraction of sp³-hybridized carbons (Fsp3) is 0.167. The van der Waals surface area contributed by atoms with E-state index in [0.717, 1.165) is 36.5 Å². The van der Waals surface area contributed by atoms with Gasteiger partial charge in [0.15, 0.2) is 0 Å². The van der Waals surface area contributed by atoms with Crippen molar-refractivity contribution in [1.82, 2.24) is 15.1 Å². The fourth-order valence-electron chi connectivity index (χ4n) is 3.05. The van der Waals surface area contributed by atoms with Crippen molar-refractivity contribution in [2.24, 2.45) is 0 Å². The molecule has 2 heterocycles. The van der Waals surface area contributed by atoms with Gasteiger partial charge in [-0.25, -0.2) is 4.68 Å². The number of benzene rings is 2. The number of fused-ring (bicyclic) bond motifs is 1. The molecule has 1 aliphatic rings. The van der Waals surface area contributed by atoms with E-state index in [1.54, 1.807) is 6.07 Å². The second-order valence-corrected chi connectivity index (χ2v) is 6.48. The molecule has 0 amide bonds. The lowest BCUT2D eigenvalue weighted by molar-refractivity contribution is 0.623. The van der Waals surface area contributed by atoms with Crippen LogP contribution in [0.1, 0.15) is 11.3 Å². The highest BCUT2D eigenvalue weighted by molar-refractivity contribution is 6.34. The van der Waals surface area contributed by atoms with Crippen molar-refractivity contribution < 1.29 is 0 Å². The maximum absolute atomic E-state index is 6.17. The highest BCUT2D eigenvalue weighted by Crippen LogP contribution is 2.31. The van der Waals surface area contributed by atoms with Crippen molar-refractivity contribution in [3.63, 3.8) is 0 Å². The van der Waals surface area contributed by atoms with Gasteiger partial charge in [0.05, 0.1) is 17.1 Å². The van der Waals surface area contributed by atoms with Crippen LogP contribution in [0.15, 0.2) is 48.5 Å². The third kappa shape index (κ3) is 2.76. The highest BCUT2D eigenvalue weighted by Gasteiger charge is 2.22. The Balaban J connectivity index is 1.92. The summed E-state index contributed by atoms with van der Waals surface area (Å²) < 4.78 is 1.98. The van der Waals surface area contributed by atoms with Gasteiger partial charge in [-0.2, -0.15) is 5.10 Å². The van der Waals surface area contributed by atoms with E-state index in [4.69, 9.17) is 28.3 Å². The predicted molar refractivity (Wildman–Crippen MR) is 94.4 cm³/mol. The van der Waals surface area contributed by atoms with E-state index in [-0.39, 0.29) is 0 Å². The SMILES string of the molecule is Clc1cc(Cl)cc(-n2nc(-c3ccccc3)c3c2CCNC3)c1. The molecule has 0 unspecified atom stereocenters. The van der Waals surface area contributed by atoms with E-state index >= 15 is 0 Å². The second kappa shape index (κ2) is 6.00. The fourth-order valence-corrected chi connectivity index (χ4v) is 3.57. The monoisotopic (exact) mass is 343 g/mol. The Hall–Kier alpha value is -1.81. The lowest BCUT2D eigenvalue weighted by atomic mass is 10.0. The molecule has 0 atom stereocenters. The maximum Gasteiger partial charge on any atom is 0.0975 e. The average molecular weight is 344 g/mol. The van der Waals surface area contributed by atoms with E-state index < -0.39 is 0 Å². The Morgan fingerprint density at radius 2 is 1.74 bits per heavy atom. The minimum atomic E-state index is 0.618. The van der Waals surface area contributed by atoms with Crippen LogP contribution in [-0.4, -0.2) is 16.3 Å². The quantitative estimate of drug-likeness (QED) is 0.742. The molecular formula is C18H15Cl2N3. The number of nitrogens with one attached hydrogen (secondary N) is 1. The molecule has 1 aromatic heterocycles. The zero-order valence-electron chi connectivity index (χ0n) is 12.4. The van der Waals surface area contributed by atoms with Crippen LogP contribution in [0.2, 0.25) is 10.0 Å². The molecule has 0 bridgehead atoms. The lowest BCUT2D eigenvalue weighted by Crippen LogP contribution is -2.24. The van der Waals surface area contributed by atoms with Crippen LogP contribution in [0.25, 0.3) is 16.9 Å². The largest absolute Gasteiger partial charge is 0.312 e. The van der Waals surface area contributed by atoms with E-state index in [1.807, 2.05) is 35.0 Å². The average Bonchev–Trinajstić information content (AvgIpc) is 2.94. The molecule has 5 heteroatoms. The van der Waals surface area contributed by atoms with Crippen LogP contribution in [0.5, 0.6) is 0 Å². The van der Waals surface area contributed by atoms with Gasteiger partial charge in [-0.05, 0) is 18.2 Å². The van der Waals surface area contributed by atoms with Crippen molar-refractivity contribution in [3.05, 3.63) is 69.8 Å². The molecule has 1 aliphatic heterocycles. The number of hydrogen-bond acceptors (Lipinski definition) is 2. The summed E-state index contributed by atoms with van der Waals surface area (Å²) in [7, 11) is 0. The van der Waals surface area contributed by atoms with Gasteiger partial charge in [-0.1, -0.05) is 53.5 Å². The van der Waals surface area contributed by atoms with Crippen molar-refractivity contribution in [2.75, 3.05) is 6.54 Å². The molecule has 0 aliphatic carbocycles. The van der Waals surface area contributed by atoms with Crippen LogP contribution >= 0.6 is 23.2 Å². The number of halogens is 2. The Morgan fingerprint density at radius 1 is 1.00 bits per heavy atom. The van der Waals surface area contributed by atoms with Crippen LogP contribution in [0, 0.1) is 0 Å². The van der Waals surface area contributed by atoms with Gasteiger partial charge in [0.25, 0.3) is 0 Å². The molecule has 1 N–H and O–H groups in total. The van der Waals surface area contributed by atoms with E-state index in [9.17, 15) is 0 Å². The molecule has 3 aromatic rings. The van der Waals surface area contributed by atoms with Crippen molar-refractivity contribution in [2.45, 2.75) is 13.0 Å². The molecular weight excluding hydrogens is 329 g/mol. The predicted octanol–water partition coefficient (Wildman–Crippen LogP) is 4.49. The van der Waals surface area contributed by atoms with E-state index in [2.05, 4.69) is 17.4 Å². The molecule has 4 rings (SSSR count). The summed E-state index contributed by atoms with van der Waals surface area (Å²) in [5.74, 6) is 0. The van der Waals surface area contributed by atoms with Crippen molar-refractivity contribution in [1.29, 1.82) is 0 Å². The second-order valence-electron chi connectivity index (χ2n) is 5.61. The zero-order valence-corrected chi connectivity index (χ0v) is 13.9. The summed E-state index contributed by atoms with van der Waals surface area (Å²) in [6.07, 6.45) is 0.930. The van der Waals surface area contributed by atoms with Gasteiger partial charge in [0.1, 0.15) is 0 Å². The van der Waals surface area contributed by atoms with E-state index in [0.29, 0.717) is 10.0 Å². The number of hydrogen-bond donors (Lipinski definition) is 1. The van der Waals surface area contributed by atoms with Gasteiger partial charge in [-0.15, -0.1) is 0 Å². The minimum Gasteiger partial charge on any atom is -0.312 e. The van der Waals surface area contributed by atoms with Gasteiger partial charge >= 0.3 is 0 Å². The summed E-state index contributed by atoms with van der Waals surface area (Å²) >= 11 is 12.3. The first-order valence-electron chi connectivity index (χ1n) is 7.56. The number of nitrogens with zero attached hydrogens (tertiary/aromatic N) is 2. The molecule has 0 spiro atoms. The summed E-state index contributed by atoms with van der Waals surface area (Å²) in [4.78, 5) is 0. The Bertz CT molecular complexity index is 836. The molecule has 116 valence electrons. The number of rotatable bonds is 2. The summed E-state index contributed by atoms with van der Waals surface area (Å²) in [6, 6.07) is 15.8. The third-order valence-corrected chi connectivity index (χ3v) is 4.51. The van der Waals surface area contributed by atoms with E-state index in [1.165, 1.54) is 11.3 Å². The Kier molecular flexibility index (Phi) is 3.85. The first-order chi connectivity index (χ1) is 11.2. The molecule has 0 saturated heterocycles. The van der Waals surface area contributed by atoms with Crippen LogP contribution in [-0.2, 0) is 13.0 Å². The molecule has 0 radical (unpaired) electrons. The first kappa shape index (κ1) is 14.8. The lowest BCUT2D eigenvalue weighted by Gasteiger charge is -2.16. The van der Waals surface area contributed by atoms with Gasteiger partial charge in [0, 0.05) is 40.7 Å². The van der Waals surface area contributed by atoms with Gasteiger partial charge < -0.3 is 5.32 Å². The first-order valence-corrected chi connectivity index (χ1v) is 8.31. The molecule has 0 fully saturated rings. The topological polar surface area (TPSA) is 29.9 Å². The normalized spacial score (nSPS) is 13.8. The minimum absolute atomic E-state index is 0.618. The summed E-state index contributed by atoms with van der Waals surface area (Å²) in [5, 5.41) is 9.54. The Labute approximate surface area is 144 Å². The van der Waals surface area contributed by atoms with Gasteiger partial charge in [0.2, 0.25) is 0 Å². The smallest absolute Gasteiger partial charge is 0.0975 e. The standard InChI is InChI=1S/C18H15Cl2N3/c19-13-8-14(20)10-15(9-13)23-17-6-7-21-11-16(17)18(22-23)12-4-2-1-3-5-12/h1-5,8-10,21H,6-7,11H2. The van der Waals surface area contributed by atoms with Crippen LogP contribution < -0.4 is 5.32 Å². The maximum atomic E-state index is 6.17. The third-order valence-electron chi connectivity index (χ3n) is 4.07. The van der Waals surface area contributed by atoms with Crippen LogP contribution in [0.4, 0.5) is 0 Å². The summed E-state index contributed by atoms with van der Waals surface area (Å²) in [6.45, 7) is 1.77. The van der Waals surface area contributed by atoms with Crippen molar-refractivity contribution >= 4 is 23.2 Å². The molecule has 2 aromatic carbocycles. The summed E-state index contributed by atoms with van der Waals surface area (Å²) in [5.41, 5.74) is 5.52. The molecule has 23 heavy (non-hydrogen) atoms. The molecule has 3 nitrogen and oxygen atoms in total.